The van der Waals surface area contributed by atoms with E-state index in [-0.39, 0.29) is 11.9 Å². The third-order valence-electron chi connectivity index (χ3n) is 3.90. The Labute approximate surface area is 134 Å². The third-order valence-corrected chi connectivity index (χ3v) is 4.09. The molecule has 5 nitrogen and oxygen atoms in total. The number of morpholine rings is 1. The molecule has 2 heterocycles. The number of carbonyl (C=O) groups excluding carboxylic acids is 1. The second-order valence-corrected chi connectivity index (χ2v) is 6.45. The molecule has 0 saturated carbocycles. The van der Waals surface area contributed by atoms with Crippen molar-refractivity contribution in [2.75, 3.05) is 19.8 Å². The molecule has 0 aliphatic carbocycles. The molecule has 1 aromatic carbocycles. The number of nitrogens with one attached hydrogen (secondary N) is 1. The van der Waals surface area contributed by atoms with E-state index in [1.54, 1.807) is 6.07 Å². The Kier molecular flexibility index (Phi) is 4.31. The highest BCUT2D eigenvalue weighted by Gasteiger charge is 2.28. The topological polar surface area (TPSA) is 58.5 Å². The van der Waals surface area contributed by atoms with E-state index in [2.05, 4.69) is 18.8 Å². The normalized spacial score (nSPS) is 19.0. The summed E-state index contributed by atoms with van der Waals surface area (Å²) in [5.41, 5.74) is 2.05. The summed E-state index contributed by atoms with van der Waals surface area (Å²) >= 11 is 4.98. The summed E-state index contributed by atoms with van der Waals surface area (Å²) < 4.78 is 10.9. The van der Waals surface area contributed by atoms with E-state index >= 15 is 0 Å². The highest BCUT2D eigenvalue weighted by molar-refractivity contribution is 7.71. The zero-order valence-electron chi connectivity index (χ0n) is 12.8. The molecule has 1 aromatic heterocycles. The second-order valence-electron chi connectivity index (χ2n) is 6.08. The molecule has 1 saturated heterocycles. The minimum Gasteiger partial charge on any atom is -0.429 e. The molecule has 1 aliphatic rings. The van der Waals surface area contributed by atoms with Crippen LogP contribution in [-0.4, -0.2) is 41.6 Å². The van der Waals surface area contributed by atoms with Crippen molar-refractivity contribution in [3.8, 4) is 0 Å². The van der Waals surface area contributed by atoms with Crippen molar-refractivity contribution >= 4 is 29.2 Å². The van der Waals surface area contributed by atoms with Gasteiger partial charge in [-0.2, -0.15) is 0 Å². The number of nitrogens with zero attached hydrogens (tertiary/aromatic N) is 1. The number of benzene rings is 1. The lowest BCUT2D eigenvalue weighted by Crippen LogP contribution is -2.49. The molecular weight excluding hydrogens is 300 g/mol. The molecule has 1 N–H and O–H groups in total. The van der Waals surface area contributed by atoms with Crippen LogP contribution < -0.4 is 0 Å². The van der Waals surface area contributed by atoms with Gasteiger partial charge in [-0.1, -0.05) is 13.8 Å². The van der Waals surface area contributed by atoms with Crippen molar-refractivity contribution in [2.24, 2.45) is 5.92 Å². The van der Waals surface area contributed by atoms with Gasteiger partial charge in [-0.15, -0.1) is 0 Å². The van der Waals surface area contributed by atoms with E-state index < -0.39 is 0 Å². The molecule has 1 atom stereocenters. The molecule has 0 spiro atoms. The first-order valence-corrected chi connectivity index (χ1v) is 7.97. The lowest BCUT2D eigenvalue weighted by molar-refractivity contribution is -0.00746. The maximum absolute atomic E-state index is 12.8. The zero-order valence-corrected chi connectivity index (χ0v) is 13.6. The largest absolute Gasteiger partial charge is 0.429 e. The van der Waals surface area contributed by atoms with E-state index in [1.807, 2.05) is 17.0 Å². The summed E-state index contributed by atoms with van der Waals surface area (Å²) in [6.07, 6.45) is 0.943. The van der Waals surface area contributed by atoms with Gasteiger partial charge in [-0.25, -0.2) is 0 Å². The summed E-state index contributed by atoms with van der Waals surface area (Å²) in [6, 6.07) is 5.54. The molecule has 0 bridgehead atoms. The van der Waals surface area contributed by atoms with Crippen molar-refractivity contribution < 1.29 is 13.9 Å². The Morgan fingerprint density at radius 1 is 1.50 bits per heavy atom. The van der Waals surface area contributed by atoms with Crippen LogP contribution >= 0.6 is 12.2 Å². The number of hydrogen-bond acceptors (Lipinski definition) is 4. The van der Waals surface area contributed by atoms with Crippen molar-refractivity contribution in [3.63, 3.8) is 0 Å². The Bertz CT molecular complexity index is 734. The SMILES string of the molecule is CC(C)C[C@H]1COCCN1C(=O)c1ccc2[nH]c(=S)oc2c1. The van der Waals surface area contributed by atoms with Crippen LogP contribution in [0.3, 0.4) is 0 Å². The Morgan fingerprint density at radius 3 is 3.09 bits per heavy atom. The molecular formula is C16H20N2O3S. The highest BCUT2D eigenvalue weighted by Crippen LogP contribution is 2.21. The first kappa shape index (κ1) is 15.2. The van der Waals surface area contributed by atoms with Crippen molar-refractivity contribution in [2.45, 2.75) is 26.3 Å². The minimum atomic E-state index is 0.0261. The van der Waals surface area contributed by atoms with Gasteiger partial charge in [-0.3, -0.25) is 4.79 Å². The van der Waals surface area contributed by atoms with Gasteiger partial charge in [0.05, 0.1) is 24.8 Å². The van der Waals surface area contributed by atoms with Gasteiger partial charge in [0.1, 0.15) is 0 Å². The maximum Gasteiger partial charge on any atom is 0.266 e. The number of fused-ring (bicyclic) bond motifs is 1. The Balaban J connectivity index is 1.87. The van der Waals surface area contributed by atoms with Crippen LogP contribution in [0, 0.1) is 10.8 Å². The number of aromatic amines is 1. The zero-order chi connectivity index (χ0) is 15.7. The fourth-order valence-corrected chi connectivity index (χ4v) is 3.11. The van der Waals surface area contributed by atoms with Gasteiger partial charge >= 0.3 is 0 Å². The fraction of sp³-hybridized carbons (Fsp3) is 0.500. The first-order chi connectivity index (χ1) is 10.5. The van der Waals surface area contributed by atoms with Crippen LogP contribution in [0.25, 0.3) is 11.1 Å². The molecule has 118 valence electrons. The van der Waals surface area contributed by atoms with Gasteiger partial charge in [0, 0.05) is 12.1 Å². The third kappa shape index (κ3) is 3.08. The Hall–Kier alpha value is -1.66. The van der Waals surface area contributed by atoms with Gasteiger partial charge in [0.25, 0.3) is 10.7 Å². The molecule has 1 amide bonds. The summed E-state index contributed by atoms with van der Waals surface area (Å²) in [5.74, 6) is 0.546. The molecule has 1 fully saturated rings. The number of carbonyl (C=O) groups is 1. The average molecular weight is 320 g/mol. The second kappa shape index (κ2) is 6.22. The molecule has 22 heavy (non-hydrogen) atoms. The summed E-state index contributed by atoms with van der Waals surface area (Å²) in [4.78, 5) is 18.0. The van der Waals surface area contributed by atoms with Gasteiger partial charge in [0.2, 0.25) is 0 Å². The smallest absolute Gasteiger partial charge is 0.266 e. The van der Waals surface area contributed by atoms with Crippen molar-refractivity contribution in [1.29, 1.82) is 0 Å². The number of H-pyrrole nitrogens is 1. The fourth-order valence-electron chi connectivity index (χ4n) is 2.91. The monoisotopic (exact) mass is 320 g/mol. The van der Waals surface area contributed by atoms with Crippen LogP contribution in [0.2, 0.25) is 0 Å². The number of aromatic nitrogens is 1. The number of rotatable bonds is 3. The van der Waals surface area contributed by atoms with Crippen molar-refractivity contribution in [1.82, 2.24) is 9.88 Å². The molecule has 2 aromatic rings. The average Bonchev–Trinajstić information content (AvgIpc) is 2.85. The van der Waals surface area contributed by atoms with Crippen LogP contribution in [-0.2, 0) is 4.74 Å². The first-order valence-electron chi connectivity index (χ1n) is 7.56. The number of oxazole rings is 1. The van der Waals surface area contributed by atoms with Crippen LogP contribution in [0.5, 0.6) is 0 Å². The van der Waals surface area contributed by atoms with Gasteiger partial charge < -0.3 is 19.0 Å². The molecule has 0 unspecified atom stereocenters. The van der Waals surface area contributed by atoms with E-state index in [4.69, 9.17) is 21.4 Å². The maximum atomic E-state index is 12.8. The van der Waals surface area contributed by atoms with E-state index in [0.717, 1.165) is 11.9 Å². The van der Waals surface area contributed by atoms with Gasteiger partial charge in [0.15, 0.2) is 5.58 Å². The van der Waals surface area contributed by atoms with Gasteiger partial charge in [-0.05, 0) is 42.8 Å². The molecule has 1 aliphatic heterocycles. The number of amides is 1. The van der Waals surface area contributed by atoms with E-state index in [1.165, 1.54) is 0 Å². The standard InChI is InChI=1S/C16H20N2O3S/c1-10(2)7-12-9-20-6-5-18(12)15(19)11-3-4-13-14(8-11)21-16(22)17-13/h3-4,8,10,12H,5-7,9H2,1-2H3,(H,17,22)/t12-/m0/s1. The highest BCUT2D eigenvalue weighted by atomic mass is 32.1. The lowest BCUT2D eigenvalue weighted by Gasteiger charge is -2.36. The number of hydrogen-bond donors (Lipinski definition) is 1. The van der Waals surface area contributed by atoms with E-state index in [0.29, 0.717) is 41.7 Å². The minimum absolute atomic E-state index is 0.0261. The number of ether oxygens (including phenoxy) is 1. The molecule has 3 rings (SSSR count). The molecule has 6 heteroatoms. The summed E-state index contributed by atoms with van der Waals surface area (Å²) in [7, 11) is 0. The predicted octanol–water partition coefficient (Wildman–Crippen LogP) is 3.38. The van der Waals surface area contributed by atoms with Crippen LogP contribution in [0.1, 0.15) is 30.6 Å². The summed E-state index contributed by atoms with van der Waals surface area (Å²) in [5, 5.41) is 0. The summed E-state index contributed by atoms with van der Waals surface area (Å²) in [6.45, 7) is 6.15. The van der Waals surface area contributed by atoms with E-state index in [9.17, 15) is 4.79 Å². The quantitative estimate of drug-likeness (QED) is 0.881. The lowest BCUT2D eigenvalue weighted by atomic mass is 10.0. The Morgan fingerprint density at radius 2 is 2.32 bits per heavy atom. The molecule has 0 radical (unpaired) electrons. The van der Waals surface area contributed by atoms with Crippen LogP contribution in [0.15, 0.2) is 22.6 Å². The predicted molar refractivity (Wildman–Crippen MR) is 86.5 cm³/mol. The van der Waals surface area contributed by atoms with Crippen molar-refractivity contribution in [3.05, 3.63) is 28.6 Å². The van der Waals surface area contributed by atoms with Crippen LogP contribution in [0.4, 0.5) is 0 Å².